The molecule has 114 valence electrons. The second kappa shape index (κ2) is 6.51. The number of rotatable bonds is 4. The molecule has 3 heterocycles. The number of carbonyl (C=O) groups is 1. The molecule has 1 saturated heterocycles. The topological polar surface area (TPSA) is 71.0 Å². The van der Waals surface area contributed by atoms with Crippen molar-refractivity contribution < 1.29 is 4.79 Å². The van der Waals surface area contributed by atoms with E-state index in [4.69, 9.17) is 0 Å². The van der Waals surface area contributed by atoms with Gasteiger partial charge in [-0.1, -0.05) is 6.07 Å². The Bertz CT molecular complexity index is 653. The van der Waals surface area contributed by atoms with Crippen molar-refractivity contribution >= 4 is 11.7 Å². The third-order valence-electron chi connectivity index (χ3n) is 3.66. The molecule has 0 bridgehead atoms. The summed E-state index contributed by atoms with van der Waals surface area (Å²) in [6.45, 7) is 4.24. The van der Waals surface area contributed by atoms with Crippen LogP contribution in [0.2, 0.25) is 0 Å². The van der Waals surface area contributed by atoms with Crippen LogP contribution in [0.15, 0.2) is 30.6 Å². The molecule has 0 atom stereocenters. The monoisotopic (exact) mass is 297 g/mol. The third kappa shape index (κ3) is 3.39. The second-order valence-corrected chi connectivity index (χ2v) is 5.40. The highest BCUT2D eigenvalue weighted by Gasteiger charge is 2.17. The quantitative estimate of drug-likeness (QED) is 0.930. The van der Waals surface area contributed by atoms with Gasteiger partial charge >= 0.3 is 0 Å². The van der Waals surface area contributed by atoms with Gasteiger partial charge in [0.05, 0.1) is 0 Å². The van der Waals surface area contributed by atoms with Crippen LogP contribution in [0.5, 0.6) is 0 Å². The van der Waals surface area contributed by atoms with Gasteiger partial charge in [0.15, 0.2) is 0 Å². The van der Waals surface area contributed by atoms with Gasteiger partial charge in [0.1, 0.15) is 17.3 Å². The summed E-state index contributed by atoms with van der Waals surface area (Å²) in [6.07, 6.45) is 5.79. The predicted octanol–water partition coefficient (Wildman–Crippen LogP) is 1.71. The molecular formula is C16H19N5O. The lowest BCUT2D eigenvalue weighted by Gasteiger charge is -2.17. The van der Waals surface area contributed by atoms with Gasteiger partial charge in [-0.05, 0) is 31.4 Å². The molecule has 3 rings (SSSR count). The summed E-state index contributed by atoms with van der Waals surface area (Å²) in [5.41, 5.74) is 1.37. The van der Waals surface area contributed by atoms with Crippen LogP contribution in [0.4, 0.5) is 5.82 Å². The largest absolute Gasteiger partial charge is 0.356 e. The van der Waals surface area contributed by atoms with Crippen LogP contribution in [0.1, 0.15) is 34.7 Å². The lowest BCUT2D eigenvalue weighted by molar-refractivity contribution is 0.0945. The van der Waals surface area contributed by atoms with E-state index in [1.807, 2.05) is 19.1 Å². The molecule has 0 spiro atoms. The van der Waals surface area contributed by atoms with Crippen molar-refractivity contribution in [1.29, 1.82) is 0 Å². The number of hydrogen-bond acceptors (Lipinski definition) is 5. The normalized spacial score (nSPS) is 14.1. The highest BCUT2D eigenvalue weighted by atomic mass is 16.1. The van der Waals surface area contributed by atoms with Crippen LogP contribution in [0.25, 0.3) is 0 Å². The van der Waals surface area contributed by atoms with Crippen LogP contribution in [0, 0.1) is 6.92 Å². The highest BCUT2D eigenvalue weighted by Crippen LogP contribution is 2.18. The van der Waals surface area contributed by atoms with Gasteiger partial charge in [-0.25, -0.2) is 9.97 Å². The molecule has 1 aliphatic heterocycles. The van der Waals surface area contributed by atoms with E-state index in [2.05, 4.69) is 25.2 Å². The molecule has 2 aromatic heterocycles. The summed E-state index contributed by atoms with van der Waals surface area (Å²) in [5, 5.41) is 2.87. The standard InChI is InChI=1S/C16H19N5O/c1-12-19-14(9-15(20-12)21-7-2-3-8-21)16(22)18-11-13-5-4-6-17-10-13/h4-6,9-10H,2-3,7-8,11H2,1H3,(H,18,22). The number of nitrogens with one attached hydrogen (secondary N) is 1. The Morgan fingerprint density at radius 3 is 2.86 bits per heavy atom. The maximum absolute atomic E-state index is 12.3. The van der Waals surface area contributed by atoms with Crippen molar-refractivity contribution in [2.45, 2.75) is 26.3 Å². The minimum atomic E-state index is -0.185. The Morgan fingerprint density at radius 2 is 2.14 bits per heavy atom. The maximum atomic E-state index is 12.3. The number of aryl methyl sites for hydroxylation is 1. The number of aromatic nitrogens is 3. The van der Waals surface area contributed by atoms with Crippen LogP contribution in [-0.2, 0) is 6.54 Å². The van der Waals surface area contributed by atoms with Crippen LogP contribution in [-0.4, -0.2) is 33.9 Å². The molecule has 0 aromatic carbocycles. The fraction of sp³-hybridized carbons (Fsp3) is 0.375. The molecule has 0 unspecified atom stereocenters. The van der Waals surface area contributed by atoms with Crippen molar-refractivity contribution in [3.63, 3.8) is 0 Å². The molecule has 6 heteroatoms. The Labute approximate surface area is 129 Å². The van der Waals surface area contributed by atoms with Crippen LogP contribution in [0.3, 0.4) is 0 Å². The van der Waals surface area contributed by atoms with Crippen molar-refractivity contribution in [2.24, 2.45) is 0 Å². The van der Waals surface area contributed by atoms with Crippen LogP contribution < -0.4 is 10.2 Å². The summed E-state index contributed by atoms with van der Waals surface area (Å²) < 4.78 is 0. The molecule has 6 nitrogen and oxygen atoms in total. The minimum Gasteiger partial charge on any atom is -0.356 e. The number of carbonyl (C=O) groups excluding carboxylic acids is 1. The predicted molar refractivity (Wildman–Crippen MR) is 83.6 cm³/mol. The Balaban J connectivity index is 1.71. The van der Waals surface area contributed by atoms with Gasteiger partial charge in [0, 0.05) is 38.1 Å². The zero-order chi connectivity index (χ0) is 15.4. The van der Waals surface area contributed by atoms with E-state index in [1.165, 1.54) is 12.8 Å². The van der Waals surface area contributed by atoms with E-state index >= 15 is 0 Å². The summed E-state index contributed by atoms with van der Waals surface area (Å²) >= 11 is 0. The zero-order valence-electron chi connectivity index (χ0n) is 12.6. The smallest absolute Gasteiger partial charge is 0.270 e. The first-order chi connectivity index (χ1) is 10.7. The summed E-state index contributed by atoms with van der Waals surface area (Å²) in [7, 11) is 0. The average Bonchev–Trinajstić information content (AvgIpc) is 3.07. The maximum Gasteiger partial charge on any atom is 0.270 e. The molecule has 22 heavy (non-hydrogen) atoms. The molecule has 1 amide bonds. The lowest BCUT2D eigenvalue weighted by Crippen LogP contribution is -2.26. The third-order valence-corrected chi connectivity index (χ3v) is 3.66. The molecular weight excluding hydrogens is 278 g/mol. The average molecular weight is 297 g/mol. The van der Waals surface area contributed by atoms with Crippen molar-refractivity contribution in [1.82, 2.24) is 20.3 Å². The van der Waals surface area contributed by atoms with Gasteiger partial charge in [0.2, 0.25) is 0 Å². The van der Waals surface area contributed by atoms with Gasteiger partial charge < -0.3 is 10.2 Å². The first-order valence-corrected chi connectivity index (χ1v) is 7.50. The number of hydrogen-bond donors (Lipinski definition) is 1. The Kier molecular flexibility index (Phi) is 4.27. The Hall–Kier alpha value is -2.50. The van der Waals surface area contributed by atoms with Crippen molar-refractivity contribution in [3.8, 4) is 0 Å². The fourth-order valence-electron chi connectivity index (χ4n) is 2.55. The number of nitrogens with zero attached hydrogens (tertiary/aromatic N) is 4. The van der Waals surface area contributed by atoms with Gasteiger partial charge in [-0.15, -0.1) is 0 Å². The molecule has 1 fully saturated rings. The molecule has 0 aliphatic carbocycles. The zero-order valence-corrected chi connectivity index (χ0v) is 12.6. The molecule has 0 saturated carbocycles. The van der Waals surface area contributed by atoms with Crippen molar-refractivity contribution in [2.75, 3.05) is 18.0 Å². The lowest BCUT2D eigenvalue weighted by atomic mass is 10.2. The van der Waals surface area contributed by atoms with E-state index in [-0.39, 0.29) is 5.91 Å². The van der Waals surface area contributed by atoms with Gasteiger partial charge in [0.25, 0.3) is 5.91 Å². The Morgan fingerprint density at radius 1 is 1.32 bits per heavy atom. The van der Waals surface area contributed by atoms with E-state index in [0.717, 1.165) is 24.5 Å². The van der Waals surface area contributed by atoms with E-state index < -0.39 is 0 Å². The van der Waals surface area contributed by atoms with E-state index in [0.29, 0.717) is 18.1 Å². The summed E-state index contributed by atoms with van der Waals surface area (Å²) in [6, 6.07) is 5.55. The molecule has 1 N–H and O–H groups in total. The molecule has 1 aliphatic rings. The molecule has 0 radical (unpaired) electrons. The highest BCUT2D eigenvalue weighted by molar-refractivity contribution is 5.92. The van der Waals surface area contributed by atoms with E-state index in [9.17, 15) is 4.79 Å². The number of pyridine rings is 1. The second-order valence-electron chi connectivity index (χ2n) is 5.40. The van der Waals surface area contributed by atoms with E-state index in [1.54, 1.807) is 18.5 Å². The van der Waals surface area contributed by atoms with Crippen molar-refractivity contribution in [3.05, 3.63) is 47.7 Å². The molecule has 2 aromatic rings. The first-order valence-electron chi connectivity index (χ1n) is 7.50. The van der Waals surface area contributed by atoms with Gasteiger partial charge in [-0.3, -0.25) is 9.78 Å². The summed E-state index contributed by atoms with van der Waals surface area (Å²) in [4.78, 5) is 27.2. The fourth-order valence-corrected chi connectivity index (χ4v) is 2.55. The number of anilines is 1. The van der Waals surface area contributed by atoms with Crippen LogP contribution >= 0.6 is 0 Å². The number of amides is 1. The SMILES string of the molecule is Cc1nc(C(=O)NCc2cccnc2)cc(N2CCCC2)n1. The summed E-state index contributed by atoms with van der Waals surface area (Å²) in [5.74, 6) is 1.28. The minimum absolute atomic E-state index is 0.185. The van der Waals surface area contributed by atoms with Gasteiger partial charge in [-0.2, -0.15) is 0 Å². The first kappa shape index (κ1) is 14.4.